The number of anilines is 2. The van der Waals surface area contributed by atoms with E-state index in [0.29, 0.717) is 5.56 Å². The second kappa shape index (κ2) is 11.5. The van der Waals surface area contributed by atoms with E-state index in [1.165, 1.54) is 24.8 Å². The molecule has 2 aliphatic rings. The van der Waals surface area contributed by atoms with E-state index >= 15 is 0 Å². The number of aryl methyl sites for hydroxylation is 1. The number of benzene rings is 2. The summed E-state index contributed by atoms with van der Waals surface area (Å²) in [6.45, 7) is 11.6. The van der Waals surface area contributed by atoms with Gasteiger partial charge in [0.2, 0.25) is 0 Å². The molecular weight excluding hydrogens is 420 g/mol. The molecule has 1 saturated heterocycles. The summed E-state index contributed by atoms with van der Waals surface area (Å²) in [5, 5.41) is 3.15. The number of rotatable bonds is 8. The van der Waals surface area contributed by atoms with Gasteiger partial charge in [-0.05, 0) is 80.4 Å². The van der Waals surface area contributed by atoms with E-state index in [4.69, 9.17) is 0 Å². The van der Waals surface area contributed by atoms with Gasteiger partial charge in [-0.1, -0.05) is 44.5 Å². The van der Waals surface area contributed by atoms with Gasteiger partial charge in [0.15, 0.2) is 0 Å². The summed E-state index contributed by atoms with van der Waals surface area (Å²) in [7, 11) is 0. The number of hydrogen-bond donors (Lipinski definition) is 1. The first kappa shape index (κ1) is 24.2. The van der Waals surface area contributed by atoms with Crippen LogP contribution in [0.3, 0.4) is 0 Å². The molecule has 0 aromatic heterocycles. The number of carbonyl (C=O) groups is 1. The van der Waals surface area contributed by atoms with E-state index < -0.39 is 0 Å². The molecule has 2 heterocycles. The molecule has 0 spiro atoms. The number of hydrogen-bond acceptors (Lipinski definition) is 4. The Labute approximate surface area is 204 Å². The third-order valence-corrected chi connectivity index (χ3v) is 6.98. The topological polar surface area (TPSA) is 38.8 Å². The molecular formula is C29H38N4O. The first-order valence-electron chi connectivity index (χ1n) is 12.7. The number of nitrogens with one attached hydrogen (secondary N) is 1. The van der Waals surface area contributed by atoms with Gasteiger partial charge >= 0.3 is 0 Å². The lowest BCUT2D eigenvalue weighted by atomic mass is 10.1. The van der Waals surface area contributed by atoms with Gasteiger partial charge in [0, 0.05) is 42.8 Å². The minimum absolute atomic E-state index is 0.0729. The molecule has 5 nitrogen and oxygen atoms in total. The van der Waals surface area contributed by atoms with Crippen LogP contribution < -0.4 is 10.2 Å². The summed E-state index contributed by atoms with van der Waals surface area (Å²) in [6, 6.07) is 14.3. The molecule has 1 fully saturated rings. The Morgan fingerprint density at radius 1 is 1.00 bits per heavy atom. The quantitative estimate of drug-likeness (QED) is 0.543. The van der Waals surface area contributed by atoms with Gasteiger partial charge in [-0.25, -0.2) is 0 Å². The van der Waals surface area contributed by atoms with Gasteiger partial charge in [0.25, 0.3) is 5.91 Å². The molecule has 1 unspecified atom stereocenters. The Bertz CT molecular complexity index is 1020. The van der Waals surface area contributed by atoms with Crippen molar-refractivity contribution in [2.24, 2.45) is 0 Å². The van der Waals surface area contributed by atoms with Crippen molar-refractivity contribution in [3.63, 3.8) is 0 Å². The second-order valence-corrected chi connectivity index (χ2v) is 9.26. The van der Waals surface area contributed by atoms with Crippen LogP contribution in [0.15, 0.2) is 66.9 Å². The van der Waals surface area contributed by atoms with Gasteiger partial charge in [0.1, 0.15) is 6.17 Å². The maximum absolute atomic E-state index is 13.0. The zero-order valence-electron chi connectivity index (χ0n) is 20.8. The maximum Gasteiger partial charge on any atom is 0.255 e. The molecule has 1 atom stereocenters. The van der Waals surface area contributed by atoms with Gasteiger partial charge in [-0.2, -0.15) is 0 Å². The van der Waals surface area contributed by atoms with E-state index in [0.717, 1.165) is 49.7 Å². The van der Waals surface area contributed by atoms with Crippen molar-refractivity contribution in [2.75, 3.05) is 36.4 Å². The predicted molar refractivity (Wildman–Crippen MR) is 142 cm³/mol. The zero-order chi connectivity index (χ0) is 23.9. The highest BCUT2D eigenvalue weighted by molar-refractivity contribution is 6.04. The molecule has 1 amide bonds. The summed E-state index contributed by atoms with van der Waals surface area (Å²) in [4.78, 5) is 20.3. The third-order valence-electron chi connectivity index (χ3n) is 6.98. The largest absolute Gasteiger partial charge is 0.328 e. The predicted octanol–water partition coefficient (Wildman–Crippen LogP) is 5.79. The maximum atomic E-state index is 13.0. The van der Waals surface area contributed by atoms with Crippen LogP contribution in [0.1, 0.15) is 54.6 Å². The van der Waals surface area contributed by atoms with Crippen LogP contribution in [-0.2, 0) is 6.54 Å². The molecule has 5 heteroatoms. The standard InChI is InChI=1S/C29H38N4O/c1-4-31(5-2)22-24-13-15-25(16-14-24)29(34)30-27-21-26(17-12-23(27)3)33-20-10-7-11-28(33)32-18-8-6-9-19-32/h7,10-17,20-21,28H,4-6,8-9,18-19,22H2,1-3H3,(H,30,34). The minimum atomic E-state index is -0.0729. The fourth-order valence-electron chi connectivity index (χ4n) is 4.77. The smallest absolute Gasteiger partial charge is 0.255 e. The van der Waals surface area contributed by atoms with Crippen LogP contribution in [0.5, 0.6) is 0 Å². The first-order chi connectivity index (χ1) is 16.6. The number of piperidine rings is 1. The molecule has 180 valence electrons. The van der Waals surface area contributed by atoms with Crippen LogP contribution in [0.25, 0.3) is 0 Å². The lowest BCUT2D eigenvalue weighted by Gasteiger charge is -2.40. The Morgan fingerprint density at radius 3 is 2.44 bits per heavy atom. The van der Waals surface area contributed by atoms with E-state index in [2.05, 4.69) is 88.6 Å². The van der Waals surface area contributed by atoms with Crippen molar-refractivity contribution in [3.05, 3.63) is 83.6 Å². The van der Waals surface area contributed by atoms with Gasteiger partial charge in [0.05, 0.1) is 0 Å². The number of allylic oxidation sites excluding steroid dienone is 2. The zero-order valence-corrected chi connectivity index (χ0v) is 20.8. The van der Waals surface area contributed by atoms with Crippen LogP contribution >= 0.6 is 0 Å². The minimum Gasteiger partial charge on any atom is -0.328 e. The van der Waals surface area contributed by atoms with Crippen molar-refractivity contribution >= 4 is 17.3 Å². The highest BCUT2D eigenvalue weighted by Gasteiger charge is 2.25. The Balaban J connectivity index is 1.48. The fourth-order valence-corrected chi connectivity index (χ4v) is 4.77. The first-order valence-corrected chi connectivity index (χ1v) is 12.7. The SMILES string of the molecule is CCN(CC)Cc1ccc(C(=O)Nc2cc(N3C=CC=CC3N3CCCCC3)ccc2C)cc1. The highest BCUT2D eigenvalue weighted by atomic mass is 16.1. The molecule has 0 radical (unpaired) electrons. The van der Waals surface area contributed by atoms with E-state index in [9.17, 15) is 4.79 Å². The number of carbonyl (C=O) groups excluding carboxylic acids is 1. The molecule has 1 N–H and O–H groups in total. The second-order valence-electron chi connectivity index (χ2n) is 9.26. The molecule has 4 rings (SSSR count). The van der Waals surface area contributed by atoms with Gasteiger partial charge < -0.3 is 10.2 Å². The molecule has 0 bridgehead atoms. The van der Waals surface area contributed by atoms with Crippen LogP contribution in [0.2, 0.25) is 0 Å². The van der Waals surface area contributed by atoms with Crippen molar-refractivity contribution in [1.82, 2.24) is 9.80 Å². The van der Waals surface area contributed by atoms with Gasteiger partial charge in [-0.15, -0.1) is 0 Å². The summed E-state index contributed by atoms with van der Waals surface area (Å²) in [5.41, 5.74) is 4.91. The lowest BCUT2D eigenvalue weighted by Crippen LogP contribution is -2.48. The Kier molecular flexibility index (Phi) is 8.20. The van der Waals surface area contributed by atoms with E-state index in [1.54, 1.807) is 0 Å². The summed E-state index contributed by atoms with van der Waals surface area (Å²) in [5.74, 6) is -0.0729. The monoisotopic (exact) mass is 458 g/mol. The molecule has 2 aliphatic heterocycles. The van der Waals surface area contributed by atoms with Crippen LogP contribution in [0, 0.1) is 6.92 Å². The summed E-state index contributed by atoms with van der Waals surface area (Å²) >= 11 is 0. The molecule has 0 saturated carbocycles. The Hall–Kier alpha value is -2.89. The molecule has 2 aromatic rings. The van der Waals surface area contributed by atoms with Crippen molar-refractivity contribution in [2.45, 2.75) is 52.7 Å². The molecule has 2 aromatic carbocycles. The highest BCUT2D eigenvalue weighted by Crippen LogP contribution is 2.29. The Morgan fingerprint density at radius 2 is 1.74 bits per heavy atom. The van der Waals surface area contributed by atoms with E-state index in [1.807, 2.05) is 19.1 Å². The number of likely N-dealkylation sites (tertiary alicyclic amines) is 1. The average Bonchev–Trinajstić information content (AvgIpc) is 2.89. The summed E-state index contributed by atoms with van der Waals surface area (Å²) < 4.78 is 0. The van der Waals surface area contributed by atoms with Crippen molar-refractivity contribution in [1.29, 1.82) is 0 Å². The average molecular weight is 459 g/mol. The van der Waals surface area contributed by atoms with Crippen molar-refractivity contribution in [3.8, 4) is 0 Å². The fraction of sp³-hybridized carbons (Fsp3) is 0.414. The van der Waals surface area contributed by atoms with Crippen LogP contribution in [-0.4, -0.2) is 48.1 Å². The van der Waals surface area contributed by atoms with Crippen LogP contribution in [0.4, 0.5) is 11.4 Å². The normalized spacial score (nSPS) is 18.5. The summed E-state index contributed by atoms with van der Waals surface area (Å²) in [6.07, 6.45) is 12.7. The number of amides is 1. The molecule has 0 aliphatic carbocycles. The van der Waals surface area contributed by atoms with Gasteiger partial charge in [-0.3, -0.25) is 14.6 Å². The number of nitrogens with zero attached hydrogens (tertiary/aromatic N) is 3. The molecule has 34 heavy (non-hydrogen) atoms. The third kappa shape index (κ3) is 5.78. The lowest BCUT2D eigenvalue weighted by molar-refractivity contribution is 0.102. The van der Waals surface area contributed by atoms with E-state index in [-0.39, 0.29) is 12.1 Å². The van der Waals surface area contributed by atoms with Crippen molar-refractivity contribution < 1.29 is 4.79 Å².